The molecule has 2 aromatic heterocycles. The van der Waals surface area contributed by atoms with Crippen LogP contribution in [0.15, 0.2) is 21.6 Å². The molecule has 0 N–H and O–H groups in total. The third kappa shape index (κ3) is 2.77. The molecule has 0 atom stereocenters. The summed E-state index contributed by atoms with van der Waals surface area (Å²) in [5, 5.41) is 20.0. The van der Waals surface area contributed by atoms with Crippen LogP contribution in [0.2, 0.25) is 0 Å². The fourth-order valence-corrected chi connectivity index (χ4v) is 2.91. The zero-order valence-corrected chi connectivity index (χ0v) is 10.7. The van der Waals surface area contributed by atoms with E-state index in [4.69, 9.17) is 0 Å². The van der Waals surface area contributed by atoms with E-state index >= 15 is 0 Å². The highest BCUT2D eigenvalue weighted by Gasteiger charge is 2.12. The quantitative estimate of drug-likeness (QED) is 0.628. The summed E-state index contributed by atoms with van der Waals surface area (Å²) in [6, 6.07) is 1.50. The van der Waals surface area contributed by atoms with Crippen LogP contribution in [-0.4, -0.2) is 20.1 Å². The lowest BCUT2D eigenvalue weighted by molar-refractivity contribution is -0.385. The van der Waals surface area contributed by atoms with Gasteiger partial charge in [0.15, 0.2) is 4.34 Å². The van der Waals surface area contributed by atoms with Gasteiger partial charge in [-0.05, 0) is 31.2 Å². The predicted molar refractivity (Wildman–Crippen MR) is 64.4 cm³/mol. The largest absolute Gasteiger partial charge is 0.287 e. The summed E-state index contributed by atoms with van der Waals surface area (Å²) < 4.78 is 0.784. The van der Waals surface area contributed by atoms with E-state index in [0.717, 1.165) is 14.9 Å². The van der Waals surface area contributed by atoms with Crippen molar-refractivity contribution in [2.45, 2.75) is 23.2 Å². The van der Waals surface area contributed by atoms with Crippen molar-refractivity contribution in [2.75, 3.05) is 0 Å². The maximum absolute atomic E-state index is 10.6. The van der Waals surface area contributed by atoms with Crippen LogP contribution < -0.4 is 0 Å². The van der Waals surface area contributed by atoms with Gasteiger partial charge in [0.1, 0.15) is 16.2 Å². The first-order chi connectivity index (χ1) is 8.06. The zero-order chi connectivity index (χ0) is 12.4. The maximum atomic E-state index is 10.6. The third-order valence-electron chi connectivity index (χ3n) is 1.92. The van der Waals surface area contributed by atoms with Crippen LogP contribution in [-0.2, 0) is 0 Å². The molecule has 0 unspecified atom stereocenters. The van der Waals surface area contributed by atoms with Crippen LogP contribution in [0.4, 0.5) is 5.69 Å². The van der Waals surface area contributed by atoms with Crippen LogP contribution in [0.1, 0.15) is 10.6 Å². The van der Waals surface area contributed by atoms with E-state index in [1.165, 1.54) is 35.4 Å². The molecule has 0 bridgehead atoms. The lowest BCUT2D eigenvalue weighted by Gasteiger charge is -2.00. The Kier molecular flexibility index (Phi) is 3.34. The van der Waals surface area contributed by atoms with Crippen molar-refractivity contribution in [3.63, 3.8) is 0 Å². The molecule has 2 heterocycles. The van der Waals surface area contributed by atoms with E-state index in [1.54, 1.807) is 6.92 Å². The minimum absolute atomic E-state index is 0.000273. The van der Waals surface area contributed by atoms with Crippen molar-refractivity contribution >= 4 is 28.8 Å². The predicted octanol–water partition coefficient (Wildman–Crippen LogP) is 2.61. The van der Waals surface area contributed by atoms with Crippen LogP contribution in [0.25, 0.3) is 0 Å². The second-order valence-electron chi connectivity index (χ2n) is 3.26. The Labute approximate surface area is 105 Å². The third-order valence-corrected chi connectivity index (χ3v) is 3.93. The molecule has 0 aromatic carbocycles. The molecule has 2 rings (SSSR count). The van der Waals surface area contributed by atoms with E-state index < -0.39 is 4.92 Å². The van der Waals surface area contributed by atoms with Crippen LogP contribution in [0, 0.1) is 24.0 Å². The first-order valence-electron chi connectivity index (χ1n) is 4.65. The summed E-state index contributed by atoms with van der Waals surface area (Å²) in [6.07, 6.45) is 1.25. The molecule has 0 radical (unpaired) electrons. The summed E-state index contributed by atoms with van der Waals surface area (Å²) in [6.45, 7) is 3.66. The number of hydrogen-bond acceptors (Lipinski definition) is 7. The average molecular weight is 268 g/mol. The molecule has 0 fully saturated rings. The Morgan fingerprint density at radius 3 is 2.71 bits per heavy atom. The molecule has 8 heteroatoms. The summed E-state index contributed by atoms with van der Waals surface area (Å²) in [5.41, 5.74) is 0.761. The monoisotopic (exact) mass is 268 g/mol. The first kappa shape index (κ1) is 11.9. The van der Waals surface area contributed by atoms with Crippen molar-refractivity contribution < 1.29 is 4.92 Å². The van der Waals surface area contributed by atoms with E-state index in [9.17, 15) is 10.1 Å². The average Bonchev–Trinajstić information content (AvgIpc) is 2.67. The molecule has 88 valence electrons. The number of rotatable bonds is 3. The van der Waals surface area contributed by atoms with Gasteiger partial charge in [-0.2, -0.15) is 0 Å². The van der Waals surface area contributed by atoms with Crippen molar-refractivity contribution in [3.05, 3.63) is 32.9 Å². The number of aryl methyl sites for hydroxylation is 2. The number of pyridine rings is 1. The van der Waals surface area contributed by atoms with Gasteiger partial charge in [-0.1, -0.05) is 11.3 Å². The second kappa shape index (κ2) is 4.76. The van der Waals surface area contributed by atoms with Crippen LogP contribution >= 0.6 is 23.1 Å². The topological polar surface area (TPSA) is 81.8 Å². The van der Waals surface area contributed by atoms with Gasteiger partial charge in [0.25, 0.3) is 5.69 Å². The molecule has 0 saturated carbocycles. The highest BCUT2D eigenvalue weighted by molar-refractivity contribution is 8.01. The first-order valence-corrected chi connectivity index (χ1v) is 6.28. The Hall–Kier alpha value is -1.54. The minimum Gasteiger partial charge on any atom is -0.258 e. The normalized spacial score (nSPS) is 10.5. The van der Waals surface area contributed by atoms with Crippen molar-refractivity contribution in [1.29, 1.82) is 0 Å². The lowest BCUT2D eigenvalue weighted by atomic mass is 10.3. The molecular formula is C9H8N4O2S2. The van der Waals surface area contributed by atoms with Gasteiger partial charge < -0.3 is 0 Å². The molecule has 0 aliphatic heterocycles. The fraction of sp³-hybridized carbons (Fsp3) is 0.222. The van der Waals surface area contributed by atoms with E-state index in [1.807, 2.05) is 6.92 Å². The maximum Gasteiger partial charge on any atom is 0.287 e. The molecule has 0 aliphatic carbocycles. The zero-order valence-electron chi connectivity index (χ0n) is 9.08. The van der Waals surface area contributed by atoms with E-state index in [-0.39, 0.29) is 5.69 Å². The number of hydrogen-bond donors (Lipinski definition) is 0. The Morgan fingerprint density at radius 1 is 1.41 bits per heavy atom. The summed E-state index contributed by atoms with van der Waals surface area (Å²) in [5.74, 6) is 0. The summed E-state index contributed by atoms with van der Waals surface area (Å²) in [7, 11) is 0. The van der Waals surface area contributed by atoms with Crippen molar-refractivity contribution in [1.82, 2.24) is 15.2 Å². The van der Waals surface area contributed by atoms with Gasteiger partial charge in [-0.3, -0.25) is 10.1 Å². The molecule has 6 nitrogen and oxygen atoms in total. The standard InChI is InChI=1S/C9H8N4O2S2/c1-5-3-7(13(14)15)4-10-8(5)17-9-12-11-6(2)16-9/h3-4H,1-2H3. The molecule has 0 saturated heterocycles. The minimum atomic E-state index is -0.455. The lowest BCUT2D eigenvalue weighted by Crippen LogP contribution is -1.92. The Balaban J connectivity index is 2.25. The highest BCUT2D eigenvalue weighted by atomic mass is 32.2. The molecule has 0 amide bonds. The number of aromatic nitrogens is 3. The molecular weight excluding hydrogens is 260 g/mol. The van der Waals surface area contributed by atoms with Crippen molar-refractivity contribution in [2.24, 2.45) is 0 Å². The van der Waals surface area contributed by atoms with Gasteiger partial charge >= 0.3 is 0 Å². The fourth-order valence-electron chi connectivity index (χ4n) is 1.16. The smallest absolute Gasteiger partial charge is 0.258 e. The SMILES string of the molecule is Cc1nnc(Sc2ncc([N+](=O)[O-])cc2C)s1. The number of nitro groups is 1. The van der Waals surface area contributed by atoms with Gasteiger partial charge in [0.05, 0.1) is 4.92 Å². The van der Waals surface area contributed by atoms with Crippen molar-refractivity contribution in [3.8, 4) is 0 Å². The highest BCUT2D eigenvalue weighted by Crippen LogP contribution is 2.31. The van der Waals surface area contributed by atoms with Crippen LogP contribution in [0.3, 0.4) is 0 Å². The second-order valence-corrected chi connectivity index (χ2v) is 5.68. The molecule has 2 aromatic rings. The van der Waals surface area contributed by atoms with E-state index in [2.05, 4.69) is 15.2 Å². The van der Waals surface area contributed by atoms with Gasteiger partial charge in [0.2, 0.25) is 0 Å². The molecule has 0 spiro atoms. The Morgan fingerprint density at radius 2 is 2.18 bits per heavy atom. The van der Waals surface area contributed by atoms with Gasteiger partial charge in [-0.15, -0.1) is 10.2 Å². The van der Waals surface area contributed by atoms with Gasteiger partial charge in [-0.25, -0.2) is 4.98 Å². The summed E-state index contributed by atoms with van der Waals surface area (Å²) >= 11 is 2.84. The Bertz CT molecular complexity index is 570. The van der Waals surface area contributed by atoms with Crippen LogP contribution in [0.5, 0.6) is 0 Å². The molecule has 0 aliphatic rings. The van der Waals surface area contributed by atoms with Gasteiger partial charge in [0, 0.05) is 6.07 Å². The number of nitrogens with zero attached hydrogens (tertiary/aromatic N) is 4. The molecule has 17 heavy (non-hydrogen) atoms. The summed E-state index contributed by atoms with van der Waals surface area (Å²) in [4.78, 5) is 14.2. The van der Waals surface area contributed by atoms with E-state index in [0.29, 0.717) is 5.03 Å².